The highest BCUT2D eigenvalue weighted by Crippen LogP contribution is 2.18. The third kappa shape index (κ3) is 4.21. The van der Waals surface area contributed by atoms with Crippen molar-refractivity contribution in [2.45, 2.75) is 27.2 Å². The second-order valence-corrected chi connectivity index (χ2v) is 4.89. The summed E-state index contributed by atoms with van der Waals surface area (Å²) in [4.78, 5) is 14.3. The van der Waals surface area contributed by atoms with Crippen LogP contribution in [-0.2, 0) is 7.05 Å². The minimum atomic E-state index is -0.160. The number of carbonyl (C=O) groups is 1. The summed E-state index contributed by atoms with van der Waals surface area (Å²) in [6.45, 7) is 9.79. The van der Waals surface area contributed by atoms with Crippen LogP contribution in [0.1, 0.15) is 36.5 Å². The van der Waals surface area contributed by atoms with Crippen LogP contribution < -0.4 is 5.32 Å². The van der Waals surface area contributed by atoms with Crippen LogP contribution in [0, 0.1) is 6.92 Å². The topological polar surface area (TPSA) is 50.2 Å². The molecule has 1 amide bonds. The molecule has 5 nitrogen and oxygen atoms in total. The number of hydrogen-bond acceptors (Lipinski definition) is 3. The lowest BCUT2D eigenvalue weighted by molar-refractivity contribution is 0.0942. The quantitative estimate of drug-likeness (QED) is 0.778. The van der Waals surface area contributed by atoms with Crippen LogP contribution in [0.5, 0.6) is 0 Å². The van der Waals surface area contributed by atoms with Gasteiger partial charge in [-0.3, -0.25) is 9.48 Å². The van der Waals surface area contributed by atoms with E-state index < -0.39 is 0 Å². The molecular formula is C13H23ClN4O. The monoisotopic (exact) mass is 286 g/mol. The van der Waals surface area contributed by atoms with Gasteiger partial charge in [0.25, 0.3) is 5.91 Å². The number of amides is 1. The molecule has 19 heavy (non-hydrogen) atoms. The van der Waals surface area contributed by atoms with Gasteiger partial charge >= 0.3 is 0 Å². The Balaban J connectivity index is 2.44. The highest BCUT2D eigenvalue weighted by molar-refractivity contribution is 6.34. The summed E-state index contributed by atoms with van der Waals surface area (Å²) < 4.78 is 1.53. The van der Waals surface area contributed by atoms with E-state index in [4.69, 9.17) is 11.6 Å². The molecule has 0 radical (unpaired) electrons. The molecule has 0 fully saturated rings. The number of rotatable bonds is 7. The lowest BCUT2D eigenvalue weighted by Crippen LogP contribution is -2.30. The molecule has 0 aliphatic rings. The maximum atomic E-state index is 12.0. The molecule has 0 saturated carbocycles. The number of hydrogen-bond donors (Lipinski definition) is 1. The Morgan fingerprint density at radius 2 is 2.05 bits per heavy atom. The first-order valence-electron chi connectivity index (χ1n) is 6.70. The molecule has 0 saturated heterocycles. The van der Waals surface area contributed by atoms with Crippen molar-refractivity contribution < 1.29 is 4.79 Å². The Morgan fingerprint density at radius 3 is 2.53 bits per heavy atom. The van der Waals surface area contributed by atoms with Crippen molar-refractivity contribution in [3.05, 3.63) is 16.4 Å². The van der Waals surface area contributed by atoms with E-state index in [0.717, 1.165) is 26.1 Å². The summed E-state index contributed by atoms with van der Waals surface area (Å²) in [7, 11) is 1.73. The van der Waals surface area contributed by atoms with Gasteiger partial charge in [0, 0.05) is 13.6 Å². The third-order valence-corrected chi connectivity index (χ3v) is 3.65. The van der Waals surface area contributed by atoms with Crippen molar-refractivity contribution in [1.82, 2.24) is 20.0 Å². The zero-order chi connectivity index (χ0) is 14.4. The van der Waals surface area contributed by atoms with Crippen LogP contribution in [0.4, 0.5) is 0 Å². The molecule has 0 aliphatic carbocycles. The summed E-state index contributed by atoms with van der Waals surface area (Å²) in [6, 6.07) is 0. The SMILES string of the molecule is CCN(CC)CCCNC(=O)c1c(Cl)c(C)nn1C. The molecule has 0 aliphatic heterocycles. The molecule has 0 spiro atoms. The molecule has 108 valence electrons. The van der Waals surface area contributed by atoms with E-state index in [-0.39, 0.29) is 5.91 Å². The Hall–Kier alpha value is -1.07. The lowest BCUT2D eigenvalue weighted by atomic mass is 10.3. The molecule has 0 aromatic carbocycles. The summed E-state index contributed by atoms with van der Waals surface area (Å²) in [5.74, 6) is -0.160. The van der Waals surface area contributed by atoms with Gasteiger partial charge in [0.05, 0.1) is 10.7 Å². The number of halogens is 1. The maximum absolute atomic E-state index is 12.0. The van der Waals surface area contributed by atoms with Crippen LogP contribution in [0.2, 0.25) is 5.02 Å². The highest BCUT2D eigenvalue weighted by Gasteiger charge is 2.17. The standard InChI is InChI=1S/C13H23ClN4O/c1-5-18(6-2)9-7-8-15-13(19)12-11(14)10(3)16-17(12)4/h5-9H2,1-4H3,(H,15,19). The molecule has 1 heterocycles. The van der Waals surface area contributed by atoms with Crippen molar-refractivity contribution in [2.75, 3.05) is 26.2 Å². The first-order chi connectivity index (χ1) is 9.01. The minimum Gasteiger partial charge on any atom is -0.351 e. The van der Waals surface area contributed by atoms with E-state index in [9.17, 15) is 4.79 Å². The zero-order valence-electron chi connectivity index (χ0n) is 12.2. The van der Waals surface area contributed by atoms with E-state index in [2.05, 4.69) is 29.2 Å². The molecule has 6 heteroatoms. The van der Waals surface area contributed by atoms with Gasteiger partial charge in [-0.05, 0) is 33.0 Å². The molecule has 1 aromatic rings. The summed E-state index contributed by atoms with van der Waals surface area (Å²) >= 11 is 6.06. The number of nitrogens with one attached hydrogen (secondary N) is 1. The largest absolute Gasteiger partial charge is 0.351 e. The molecule has 0 unspecified atom stereocenters. The van der Waals surface area contributed by atoms with Crippen molar-refractivity contribution in [3.8, 4) is 0 Å². The fraction of sp³-hybridized carbons (Fsp3) is 0.692. The lowest BCUT2D eigenvalue weighted by Gasteiger charge is -2.17. The molecule has 1 rings (SSSR count). The van der Waals surface area contributed by atoms with Gasteiger partial charge in [0.1, 0.15) is 5.69 Å². The Bertz CT molecular complexity index is 427. The summed E-state index contributed by atoms with van der Waals surface area (Å²) in [5.41, 5.74) is 1.11. The summed E-state index contributed by atoms with van der Waals surface area (Å²) in [6.07, 6.45) is 0.932. The second kappa shape index (κ2) is 7.50. The fourth-order valence-corrected chi connectivity index (χ4v) is 2.25. The maximum Gasteiger partial charge on any atom is 0.271 e. The first-order valence-corrected chi connectivity index (χ1v) is 7.08. The van der Waals surface area contributed by atoms with E-state index >= 15 is 0 Å². The van der Waals surface area contributed by atoms with Gasteiger partial charge in [0.2, 0.25) is 0 Å². The van der Waals surface area contributed by atoms with E-state index in [1.807, 2.05) is 0 Å². The van der Waals surface area contributed by atoms with Gasteiger partial charge in [-0.1, -0.05) is 25.4 Å². The van der Waals surface area contributed by atoms with Crippen molar-refractivity contribution in [3.63, 3.8) is 0 Å². The molecule has 0 atom stereocenters. The van der Waals surface area contributed by atoms with E-state index in [1.54, 1.807) is 14.0 Å². The van der Waals surface area contributed by atoms with Gasteiger partial charge in [-0.25, -0.2) is 0 Å². The smallest absolute Gasteiger partial charge is 0.271 e. The van der Waals surface area contributed by atoms with Gasteiger partial charge in [0.15, 0.2) is 0 Å². The van der Waals surface area contributed by atoms with E-state index in [1.165, 1.54) is 4.68 Å². The van der Waals surface area contributed by atoms with Crippen LogP contribution >= 0.6 is 11.6 Å². The Labute approximate surface area is 119 Å². The summed E-state index contributed by atoms with van der Waals surface area (Å²) in [5, 5.41) is 7.45. The predicted octanol–water partition coefficient (Wildman–Crippen LogP) is 1.84. The van der Waals surface area contributed by atoms with Gasteiger partial charge < -0.3 is 10.2 Å². The van der Waals surface area contributed by atoms with Crippen molar-refractivity contribution in [2.24, 2.45) is 7.05 Å². The fourth-order valence-electron chi connectivity index (χ4n) is 2.01. The molecular weight excluding hydrogens is 264 g/mol. The number of aryl methyl sites for hydroxylation is 2. The van der Waals surface area contributed by atoms with Gasteiger partial charge in [-0.15, -0.1) is 0 Å². The van der Waals surface area contributed by atoms with E-state index in [0.29, 0.717) is 23.0 Å². The Kier molecular flexibility index (Phi) is 6.31. The van der Waals surface area contributed by atoms with Crippen LogP contribution in [0.25, 0.3) is 0 Å². The second-order valence-electron chi connectivity index (χ2n) is 4.51. The van der Waals surface area contributed by atoms with Gasteiger partial charge in [-0.2, -0.15) is 5.10 Å². The molecule has 1 N–H and O–H groups in total. The third-order valence-electron chi connectivity index (χ3n) is 3.20. The molecule has 1 aromatic heterocycles. The van der Waals surface area contributed by atoms with Crippen LogP contribution in [-0.4, -0.2) is 46.8 Å². The number of carbonyl (C=O) groups excluding carboxylic acids is 1. The number of nitrogens with zero attached hydrogens (tertiary/aromatic N) is 3. The molecule has 0 bridgehead atoms. The normalized spacial score (nSPS) is 11.1. The average Bonchev–Trinajstić information content (AvgIpc) is 2.63. The predicted molar refractivity (Wildman–Crippen MR) is 77.7 cm³/mol. The van der Waals surface area contributed by atoms with Crippen molar-refractivity contribution in [1.29, 1.82) is 0 Å². The Morgan fingerprint density at radius 1 is 1.42 bits per heavy atom. The number of aromatic nitrogens is 2. The minimum absolute atomic E-state index is 0.160. The van der Waals surface area contributed by atoms with Crippen molar-refractivity contribution >= 4 is 17.5 Å². The zero-order valence-corrected chi connectivity index (χ0v) is 12.9. The first kappa shape index (κ1) is 16.0. The average molecular weight is 287 g/mol. The van der Waals surface area contributed by atoms with Crippen LogP contribution in [0.3, 0.4) is 0 Å². The highest BCUT2D eigenvalue weighted by atomic mass is 35.5. The van der Waals surface area contributed by atoms with Crippen LogP contribution in [0.15, 0.2) is 0 Å².